The Bertz CT molecular complexity index is 600. The summed E-state index contributed by atoms with van der Waals surface area (Å²) in [5, 5.41) is 9.52. The van der Waals surface area contributed by atoms with Crippen molar-refractivity contribution >= 4 is 0 Å². The minimum absolute atomic E-state index is 0.214. The van der Waals surface area contributed by atoms with Gasteiger partial charge in [0.05, 0.1) is 0 Å². The van der Waals surface area contributed by atoms with Crippen molar-refractivity contribution in [1.82, 2.24) is 0 Å². The van der Waals surface area contributed by atoms with Gasteiger partial charge in [0.15, 0.2) is 0 Å². The topological polar surface area (TPSA) is 55.5 Å². The van der Waals surface area contributed by atoms with Crippen molar-refractivity contribution in [3.05, 3.63) is 59.7 Å². The fourth-order valence-corrected chi connectivity index (χ4v) is 1.79. The first-order valence-corrected chi connectivity index (χ1v) is 6.20. The Morgan fingerprint density at radius 1 is 1.10 bits per heavy atom. The quantitative estimate of drug-likeness (QED) is 0.907. The number of aromatic hydroxyl groups is 1. The van der Waals surface area contributed by atoms with Crippen LogP contribution in [0.25, 0.3) is 0 Å². The highest BCUT2D eigenvalue weighted by Gasteiger charge is 2.39. The molecule has 2 aromatic carbocycles. The molecule has 0 aliphatic carbocycles. The minimum Gasteiger partial charge on any atom is -0.508 e. The first-order chi connectivity index (χ1) is 9.88. The third-order valence-corrected chi connectivity index (χ3v) is 2.94. The van der Waals surface area contributed by atoms with Gasteiger partial charge in [0, 0.05) is 5.56 Å². The number of rotatable bonds is 4. The molecule has 0 bridgehead atoms. The number of hydrogen-bond acceptors (Lipinski definition) is 3. The Morgan fingerprint density at radius 3 is 2.38 bits per heavy atom. The monoisotopic (exact) mass is 297 g/mol. The zero-order chi connectivity index (χ0) is 15.5. The summed E-state index contributed by atoms with van der Waals surface area (Å²) in [6.45, 7) is 0.215. The van der Waals surface area contributed by atoms with Gasteiger partial charge in [-0.05, 0) is 23.8 Å². The van der Waals surface area contributed by atoms with E-state index in [0.717, 1.165) is 17.7 Å². The van der Waals surface area contributed by atoms with Gasteiger partial charge >= 0.3 is 6.18 Å². The van der Waals surface area contributed by atoms with Crippen LogP contribution in [-0.4, -0.2) is 11.3 Å². The maximum atomic E-state index is 12.6. The summed E-state index contributed by atoms with van der Waals surface area (Å²) in [5.41, 5.74) is 5.58. The van der Waals surface area contributed by atoms with E-state index >= 15 is 0 Å². The molecule has 1 atom stereocenters. The lowest BCUT2D eigenvalue weighted by Gasteiger charge is -2.18. The maximum absolute atomic E-state index is 12.6. The van der Waals surface area contributed by atoms with Crippen molar-refractivity contribution in [2.75, 3.05) is 0 Å². The smallest absolute Gasteiger partial charge is 0.407 e. The van der Waals surface area contributed by atoms with Gasteiger partial charge in [-0.15, -0.1) is 0 Å². The molecule has 3 nitrogen and oxygen atoms in total. The lowest BCUT2D eigenvalue weighted by Crippen LogP contribution is -2.28. The van der Waals surface area contributed by atoms with Gasteiger partial charge in [0.1, 0.15) is 24.1 Å². The van der Waals surface area contributed by atoms with E-state index in [0.29, 0.717) is 0 Å². The average Bonchev–Trinajstić information content (AvgIpc) is 2.46. The molecule has 2 aromatic rings. The van der Waals surface area contributed by atoms with Crippen LogP contribution in [0.4, 0.5) is 13.2 Å². The molecule has 0 radical (unpaired) electrons. The van der Waals surface area contributed by atoms with E-state index in [1.807, 2.05) is 30.3 Å². The molecule has 0 saturated carbocycles. The van der Waals surface area contributed by atoms with E-state index in [2.05, 4.69) is 0 Å². The number of phenolic OH excluding ortho intramolecular Hbond substituents is 1. The third-order valence-electron chi connectivity index (χ3n) is 2.94. The Morgan fingerprint density at radius 2 is 1.76 bits per heavy atom. The molecular formula is C15H14F3NO2. The number of phenols is 1. The van der Waals surface area contributed by atoms with E-state index in [4.69, 9.17) is 10.5 Å². The first kappa shape index (κ1) is 15.2. The summed E-state index contributed by atoms with van der Waals surface area (Å²) in [6.07, 6.45) is -4.63. The molecule has 6 heteroatoms. The van der Waals surface area contributed by atoms with Crippen molar-refractivity contribution in [2.45, 2.75) is 18.8 Å². The highest BCUT2D eigenvalue weighted by Crippen LogP contribution is 2.36. The molecule has 112 valence electrons. The second-order valence-corrected chi connectivity index (χ2v) is 4.51. The molecule has 0 spiro atoms. The van der Waals surface area contributed by atoms with Gasteiger partial charge in [-0.2, -0.15) is 13.2 Å². The predicted molar refractivity (Wildman–Crippen MR) is 71.9 cm³/mol. The van der Waals surface area contributed by atoms with Gasteiger partial charge in [-0.1, -0.05) is 30.3 Å². The largest absolute Gasteiger partial charge is 0.508 e. The molecule has 21 heavy (non-hydrogen) atoms. The molecule has 0 aliphatic heterocycles. The van der Waals surface area contributed by atoms with Crippen LogP contribution in [0.15, 0.2) is 48.5 Å². The maximum Gasteiger partial charge on any atom is 0.407 e. The molecule has 3 N–H and O–H groups in total. The van der Waals surface area contributed by atoms with Crippen molar-refractivity contribution in [1.29, 1.82) is 0 Å². The first-order valence-electron chi connectivity index (χ1n) is 6.20. The molecule has 0 aromatic heterocycles. The van der Waals surface area contributed by atoms with Crippen molar-refractivity contribution in [2.24, 2.45) is 5.73 Å². The van der Waals surface area contributed by atoms with E-state index in [1.54, 1.807) is 0 Å². The van der Waals surface area contributed by atoms with Crippen LogP contribution in [0.5, 0.6) is 11.5 Å². The molecule has 0 aliphatic rings. The SMILES string of the molecule is N[C@H](c1cc(OCc2ccccc2)ccc1O)C(F)(F)F. The number of halogens is 3. The van der Waals surface area contributed by atoms with E-state index in [9.17, 15) is 18.3 Å². The van der Waals surface area contributed by atoms with Gasteiger partial charge in [0.25, 0.3) is 0 Å². The van der Waals surface area contributed by atoms with Crippen LogP contribution in [0.2, 0.25) is 0 Å². The summed E-state index contributed by atoms with van der Waals surface area (Å²) in [5.74, 6) is -0.293. The zero-order valence-electron chi connectivity index (χ0n) is 11.0. The van der Waals surface area contributed by atoms with Crippen LogP contribution >= 0.6 is 0 Å². The van der Waals surface area contributed by atoms with Crippen LogP contribution in [0, 0.1) is 0 Å². The van der Waals surface area contributed by atoms with Gasteiger partial charge in [-0.3, -0.25) is 0 Å². The van der Waals surface area contributed by atoms with Crippen molar-refractivity contribution in [3.8, 4) is 11.5 Å². The van der Waals surface area contributed by atoms with Crippen molar-refractivity contribution in [3.63, 3.8) is 0 Å². The number of alkyl halides is 3. The fourth-order valence-electron chi connectivity index (χ4n) is 1.79. The summed E-state index contributed by atoms with van der Waals surface area (Å²) in [7, 11) is 0. The predicted octanol–water partition coefficient (Wildman–Crippen LogP) is 3.53. The summed E-state index contributed by atoms with van der Waals surface area (Å²) in [6, 6.07) is 10.6. The molecule has 0 heterocycles. The lowest BCUT2D eigenvalue weighted by atomic mass is 10.1. The molecule has 0 amide bonds. The van der Waals surface area contributed by atoms with Crippen LogP contribution in [0.1, 0.15) is 17.2 Å². The second-order valence-electron chi connectivity index (χ2n) is 4.51. The second kappa shape index (κ2) is 6.05. The normalized spacial score (nSPS) is 13.0. The Labute approximate surface area is 119 Å². The Hall–Kier alpha value is -2.21. The minimum atomic E-state index is -4.63. The summed E-state index contributed by atoms with van der Waals surface area (Å²) in [4.78, 5) is 0. The van der Waals surface area contributed by atoms with Crippen LogP contribution in [-0.2, 0) is 6.61 Å². The lowest BCUT2D eigenvalue weighted by molar-refractivity contribution is -0.149. The molecule has 0 unspecified atom stereocenters. The van der Waals surface area contributed by atoms with E-state index in [1.165, 1.54) is 6.07 Å². The molecular weight excluding hydrogens is 283 g/mol. The number of hydrogen-bond donors (Lipinski definition) is 2. The summed E-state index contributed by atoms with van der Waals surface area (Å²) < 4.78 is 43.3. The number of nitrogens with two attached hydrogens (primary N) is 1. The Kier molecular flexibility index (Phi) is 4.37. The van der Waals surface area contributed by atoms with Crippen LogP contribution < -0.4 is 10.5 Å². The van der Waals surface area contributed by atoms with Crippen molar-refractivity contribution < 1.29 is 23.0 Å². The van der Waals surface area contributed by atoms with E-state index < -0.39 is 23.5 Å². The standard InChI is InChI=1S/C15H14F3NO2/c16-15(17,18)14(19)12-8-11(6-7-13(12)20)21-9-10-4-2-1-3-5-10/h1-8,14,20H,9,19H2/t14-/m1/s1. The highest BCUT2D eigenvalue weighted by atomic mass is 19.4. The molecule has 0 saturated heterocycles. The van der Waals surface area contributed by atoms with Crippen LogP contribution in [0.3, 0.4) is 0 Å². The zero-order valence-corrected chi connectivity index (χ0v) is 11.0. The van der Waals surface area contributed by atoms with Gasteiger partial charge in [0.2, 0.25) is 0 Å². The van der Waals surface area contributed by atoms with E-state index in [-0.39, 0.29) is 12.4 Å². The highest BCUT2D eigenvalue weighted by molar-refractivity contribution is 5.41. The number of ether oxygens (including phenoxy) is 1. The average molecular weight is 297 g/mol. The van der Waals surface area contributed by atoms with Gasteiger partial charge < -0.3 is 15.6 Å². The molecule has 2 rings (SSSR count). The third kappa shape index (κ3) is 3.88. The summed E-state index contributed by atoms with van der Waals surface area (Å²) >= 11 is 0. The number of benzene rings is 2. The van der Waals surface area contributed by atoms with Gasteiger partial charge in [-0.25, -0.2) is 0 Å². The molecule has 0 fully saturated rings. The fraction of sp³-hybridized carbons (Fsp3) is 0.200. The Balaban J connectivity index is 2.15.